The zero-order chi connectivity index (χ0) is 14.5. The molecule has 1 aromatic carbocycles. The van der Waals surface area contributed by atoms with E-state index >= 15 is 0 Å². The van der Waals surface area contributed by atoms with Crippen molar-refractivity contribution in [3.8, 4) is 5.75 Å². The van der Waals surface area contributed by atoms with Gasteiger partial charge < -0.3 is 10.1 Å². The van der Waals surface area contributed by atoms with E-state index in [0.717, 1.165) is 18.8 Å². The van der Waals surface area contributed by atoms with E-state index in [1.165, 1.54) is 5.56 Å². The predicted octanol–water partition coefficient (Wildman–Crippen LogP) is 4.00. The molecule has 0 aliphatic carbocycles. The first-order valence-electron chi connectivity index (χ1n) is 7.27. The Kier molecular flexibility index (Phi) is 5.86. The van der Waals surface area contributed by atoms with Crippen molar-refractivity contribution in [3.05, 3.63) is 29.8 Å². The molecular weight excluding hydrogens is 234 g/mol. The Morgan fingerprint density at radius 3 is 2.37 bits per heavy atom. The molecule has 0 radical (unpaired) electrons. The molecule has 2 heteroatoms. The van der Waals surface area contributed by atoms with E-state index in [0.29, 0.717) is 5.92 Å². The average molecular weight is 263 g/mol. The highest BCUT2D eigenvalue weighted by Crippen LogP contribution is 2.25. The van der Waals surface area contributed by atoms with Crippen LogP contribution in [0.25, 0.3) is 0 Å². The summed E-state index contributed by atoms with van der Waals surface area (Å²) in [6, 6.07) is 8.42. The molecule has 0 fully saturated rings. The van der Waals surface area contributed by atoms with Gasteiger partial charge in [-0.25, -0.2) is 0 Å². The monoisotopic (exact) mass is 263 g/mol. The lowest BCUT2D eigenvalue weighted by molar-refractivity contribution is 0.215. The number of hydrogen-bond acceptors (Lipinski definition) is 2. The quantitative estimate of drug-likeness (QED) is 0.837. The summed E-state index contributed by atoms with van der Waals surface area (Å²) in [5, 5.41) is 3.42. The van der Waals surface area contributed by atoms with E-state index in [1.54, 1.807) is 0 Å². The van der Waals surface area contributed by atoms with Crippen molar-refractivity contribution in [2.75, 3.05) is 13.1 Å². The van der Waals surface area contributed by atoms with Gasteiger partial charge in [0.15, 0.2) is 0 Å². The molecule has 0 saturated heterocycles. The molecule has 0 spiro atoms. The number of benzene rings is 1. The van der Waals surface area contributed by atoms with Crippen LogP contribution >= 0.6 is 0 Å². The SMILES string of the molecule is CC(C)CNCC(C)Oc1cccc(C(C)(C)C)c1. The van der Waals surface area contributed by atoms with E-state index < -0.39 is 0 Å². The molecule has 108 valence electrons. The third kappa shape index (κ3) is 6.11. The highest BCUT2D eigenvalue weighted by Gasteiger charge is 2.14. The molecule has 0 amide bonds. The summed E-state index contributed by atoms with van der Waals surface area (Å²) >= 11 is 0. The van der Waals surface area contributed by atoms with Gasteiger partial charge in [0, 0.05) is 6.54 Å². The van der Waals surface area contributed by atoms with Crippen LogP contribution in [0.15, 0.2) is 24.3 Å². The number of nitrogens with one attached hydrogen (secondary N) is 1. The van der Waals surface area contributed by atoms with Crippen molar-refractivity contribution in [2.45, 2.75) is 53.1 Å². The van der Waals surface area contributed by atoms with Crippen molar-refractivity contribution >= 4 is 0 Å². The third-order valence-corrected chi connectivity index (χ3v) is 3.02. The fourth-order valence-electron chi connectivity index (χ4n) is 1.89. The minimum atomic E-state index is 0.165. The van der Waals surface area contributed by atoms with Crippen molar-refractivity contribution in [1.29, 1.82) is 0 Å². The second kappa shape index (κ2) is 6.95. The van der Waals surface area contributed by atoms with Crippen molar-refractivity contribution in [3.63, 3.8) is 0 Å². The highest BCUT2D eigenvalue weighted by atomic mass is 16.5. The fourth-order valence-corrected chi connectivity index (χ4v) is 1.89. The molecule has 0 aromatic heterocycles. The van der Waals surface area contributed by atoms with Gasteiger partial charge >= 0.3 is 0 Å². The van der Waals surface area contributed by atoms with Gasteiger partial charge in [-0.05, 0) is 42.5 Å². The van der Waals surface area contributed by atoms with Gasteiger partial charge in [0.05, 0.1) is 0 Å². The van der Waals surface area contributed by atoms with Gasteiger partial charge in [-0.1, -0.05) is 46.8 Å². The summed E-state index contributed by atoms with van der Waals surface area (Å²) < 4.78 is 5.97. The van der Waals surface area contributed by atoms with E-state index in [4.69, 9.17) is 4.74 Å². The standard InChI is InChI=1S/C17H29NO/c1-13(2)11-18-12-14(3)19-16-9-7-8-15(10-16)17(4,5)6/h7-10,13-14,18H,11-12H2,1-6H3. The minimum absolute atomic E-state index is 0.165. The Hall–Kier alpha value is -1.02. The maximum atomic E-state index is 5.97. The maximum absolute atomic E-state index is 5.97. The van der Waals surface area contributed by atoms with Crippen LogP contribution in [0.5, 0.6) is 5.75 Å². The van der Waals surface area contributed by atoms with Gasteiger partial charge in [-0.3, -0.25) is 0 Å². The molecule has 1 N–H and O–H groups in total. The maximum Gasteiger partial charge on any atom is 0.120 e. The van der Waals surface area contributed by atoms with Crippen LogP contribution in [0, 0.1) is 5.92 Å². The zero-order valence-electron chi connectivity index (χ0n) is 13.3. The largest absolute Gasteiger partial charge is 0.489 e. The summed E-state index contributed by atoms with van der Waals surface area (Å²) in [4.78, 5) is 0. The van der Waals surface area contributed by atoms with Gasteiger partial charge in [-0.15, -0.1) is 0 Å². The first-order valence-corrected chi connectivity index (χ1v) is 7.27. The van der Waals surface area contributed by atoms with Crippen LogP contribution in [-0.4, -0.2) is 19.2 Å². The molecule has 1 atom stereocenters. The first kappa shape index (κ1) is 16.0. The Morgan fingerprint density at radius 2 is 1.79 bits per heavy atom. The predicted molar refractivity (Wildman–Crippen MR) is 82.9 cm³/mol. The Morgan fingerprint density at radius 1 is 1.11 bits per heavy atom. The number of ether oxygens (including phenoxy) is 1. The molecule has 1 unspecified atom stereocenters. The Labute approximate surface area is 118 Å². The van der Waals surface area contributed by atoms with Gasteiger partial charge in [0.1, 0.15) is 11.9 Å². The summed E-state index contributed by atoms with van der Waals surface area (Å²) in [7, 11) is 0. The van der Waals surface area contributed by atoms with E-state index in [2.05, 4.69) is 65.1 Å². The van der Waals surface area contributed by atoms with Gasteiger partial charge in [-0.2, -0.15) is 0 Å². The Balaban J connectivity index is 2.52. The highest BCUT2D eigenvalue weighted by molar-refractivity contribution is 5.32. The average Bonchev–Trinajstić information content (AvgIpc) is 2.27. The lowest BCUT2D eigenvalue weighted by Gasteiger charge is -2.21. The summed E-state index contributed by atoms with van der Waals surface area (Å²) in [5.74, 6) is 1.64. The molecule has 0 bridgehead atoms. The van der Waals surface area contributed by atoms with Crippen molar-refractivity contribution in [2.24, 2.45) is 5.92 Å². The summed E-state index contributed by atoms with van der Waals surface area (Å²) in [6.07, 6.45) is 0.189. The van der Waals surface area contributed by atoms with Crippen LogP contribution in [0.1, 0.15) is 47.1 Å². The van der Waals surface area contributed by atoms with Crippen LogP contribution < -0.4 is 10.1 Å². The Bertz CT molecular complexity index is 379. The second-order valence-corrected chi connectivity index (χ2v) is 6.76. The van der Waals surface area contributed by atoms with E-state index in [9.17, 15) is 0 Å². The molecule has 0 saturated carbocycles. The van der Waals surface area contributed by atoms with Crippen LogP contribution in [-0.2, 0) is 5.41 Å². The van der Waals surface area contributed by atoms with E-state index in [1.807, 2.05) is 6.07 Å². The normalized spacial score (nSPS) is 13.6. The fraction of sp³-hybridized carbons (Fsp3) is 0.647. The lowest BCUT2D eigenvalue weighted by atomic mass is 9.87. The van der Waals surface area contributed by atoms with Gasteiger partial charge in [0.25, 0.3) is 0 Å². The topological polar surface area (TPSA) is 21.3 Å². The van der Waals surface area contributed by atoms with Crippen LogP contribution in [0.3, 0.4) is 0 Å². The molecule has 0 aliphatic heterocycles. The third-order valence-electron chi connectivity index (χ3n) is 3.02. The second-order valence-electron chi connectivity index (χ2n) is 6.76. The van der Waals surface area contributed by atoms with Gasteiger partial charge in [0.2, 0.25) is 0 Å². The number of hydrogen-bond donors (Lipinski definition) is 1. The smallest absolute Gasteiger partial charge is 0.120 e. The van der Waals surface area contributed by atoms with Crippen LogP contribution in [0.2, 0.25) is 0 Å². The number of rotatable bonds is 6. The van der Waals surface area contributed by atoms with Crippen molar-refractivity contribution < 1.29 is 4.74 Å². The molecule has 0 aliphatic rings. The zero-order valence-corrected chi connectivity index (χ0v) is 13.3. The summed E-state index contributed by atoms with van der Waals surface area (Å²) in [6.45, 7) is 15.1. The molecular formula is C17H29NO. The lowest BCUT2D eigenvalue weighted by Crippen LogP contribution is -2.31. The molecule has 0 heterocycles. The molecule has 19 heavy (non-hydrogen) atoms. The molecule has 2 nitrogen and oxygen atoms in total. The van der Waals surface area contributed by atoms with E-state index in [-0.39, 0.29) is 11.5 Å². The minimum Gasteiger partial charge on any atom is -0.489 e. The molecule has 1 rings (SSSR count). The van der Waals surface area contributed by atoms with Crippen molar-refractivity contribution in [1.82, 2.24) is 5.32 Å². The molecule has 1 aromatic rings. The summed E-state index contributed by atoms with van der Waals surface area (Å²) in [5.41, 5.74) is 1.48. The first-order chi connectivity index (χ1) is 8.79. The van der Waals surface area contributed by atoms with Crippen LogP contribution in [0.4, 0.5) is 0 Å².